The number of hydrogen-bond acceptors (Lipinski definition) is 2. The Hall–Kier alpha value is -1.55. The first-order chi connectivity index (χ1) is 8.95. The van der Waals surface area contributed by atoms with Gasteiger partial charge in [0.1, 0.15) is 5.82 Å². The molecule has 19 heavy (non-hydrogen) atoms. The van der Waals surface area contributed by atoms with Crippen molar-refractivity contribution in [3.05, 3.63) is 40.9 Å². The second-order valence-corrected chi connectivity index (χ2v) is 5.41. The van der Waals surface area contributed by atoms with E-state index in [2.05, 4.69) is 24.1 Å². The van der Waals surface area contributed by atoms with Gasteiger partial charge in [-0.05, 0) is 31.0 Å². The zero-order valence-corrected chi connectivity index (χ0v) is 12.0. The third-order valence-electron chi connectivity index (χ3n) is 2.63. The molecule has 5 heteroatoms. The SMILES string of the molecule is Cc1cn(CC(C)C)c(Nc2ccc(Cl)c(F)c2)n1. The van der Waals surface area contributed by atoms with E-state index in [1.807, 2.05) is 17.7 Å². The molecule has 2 rings (SSSR count). The number of nitrogens with one attached hydrogen (secondary N) is 1. The Morgan fingerprint density at radius 2 is 2.16 bits per heavy atom. The number of aryl methyl sites for hydroxylation is 1. The van der Waals surface area contributed by atoms with Crippen molar-refractivity contribution in [1.29, 1.82) is 0 Å². The van der Waals surface area contributed by atoms with E-state index in [9.17, 15) is 4.39 Å². The Morgan fingerprint density at radius 3 is 2.79 bits per heavy atom. The van der Waals surface area contributed by atoms with E-state index in [0.717, 1.165) is 12.2 Å². The summed E-state index contributed by atoms with van der Waals surface area (Å²) in [7, 11) is 0. The second-order valence-electron chi connectivity index (χ2n) is 5.01. The molecule has 0 aliphatic heterocycles. The summed E-state index contributed by atoms with van der Waals surface area (Å²) in [5, 5.41) is 3.24. The smallest absolute Gasteiger partial charge is 0.207 e. The predicted molar refractivity (Wildman–Crippen MR) is 76.5 cm³/mol. The molecule has 102 valence electrons. The maximum atomic E-state index is 13.4. The first-order valence-electron chi connectivity index (χ1n) is 6.21. The minimum absolute atomic E-state index is 0.118. The molecular weight excluding hydrogens is 265 g/mol. The molecule has 0 aliphatic carbocycles. The van der Waals surface area contributed by atoms with Crippen molar-refractivity contribution < 1.29 is 4.39 Å². The lowest BCUT2D eigenvalue weighted by atomic mass is 10.2. The van der Waals surface area contributed by atoms with Crippen LogP contribution in [0.15, 0.2) is 24.4 Å². The monoisotopic (exact) mass is 281 g/mol. The van der Waals surface area contributed by atoms with Crippen LogP contribution in [0.1, 0.15) is 19.5 Å². The summed E-state index contributed by atoms with van der Waals surface area (Å²) >= 11 is 5.66. The van der Waals surface area contributed by atoms with Crippen LogP contribution in [-0.2, 0) is 6.54 Å². The van der Waals surface area contributed by atoms with Gasteiger partial charge in [-0.25, -0.2) is 9.37 Å². The fourth-order valence-electron chi connectivity index (χ4n) is 1.88. The van der Waals surface area contributed by atoms with Crippen LogP contribution in [0.5, 0.6) is 0 Å². The number of rotatable bonds is 4. The van der Waals surface area contributed by atoms with Crippen LogP contribution in [0.4, 0.5) is 16.0 Å². The van der Waals surface area contributed by atoms with Crippen molar-refractivity contribution in [2.45, 2.75) is 27.3 Å². The number of nitrogens with zero attached hydrogens (tertiary/aromatic N) is 2. The van der Waals surface area contributed by atoms with E-state index in [1.54, 1.807) is 6.07 Å². The molecule has 2 aromatic rings. The lowest BCUT2D eigenvalue weighted by Gasteiger charge is -2.11. The molecule has 1 aromatic heterocycles. The van der Waals surface area contributed by atoms with Gasteiger partial charge in [0.2, 0.25) is 5.95 Å². The number of aromatic nitrogens is 2. The summed E-state index contributed by atoms with van der Waals surface area (Å²) in [5.74, 6) is 0.786. The highest BCUT2D eigenvalue weighted by atomic mass is 35.5. The zero-order valence-electron chi connectivity index (χ0n) is 11.2. The van der Waals surface area contributed by atoms with Gasteiger partial charge in [0, 0.05) is 18.4 Å². The topological polar surface area (TPSA) is 29.9 Å². The molecule has 0 saturated heterocycles. The summed E-state index contributed by atoms with van der Waals surface area (Å²) in [6.07, 6.45) is 1.98. The standard InChI is InChI=1S/C14H17ClFN3/c1-9(2)7-19-8-10(3)17-14(19)18-11-4-5-12(15)13(16)6-11/h4-6,8-9H,7H2,1-3H3,(H,17,18). The van der Waals surface area contributed by atoms with E-state index in [4.69, 9.17) is 11.6 Å². The molecule has 0 amide bonds. The molecule has 1 N–H and O–H groups in total. The van der Waals surface area contributed by atoms with Gasteiger partial charge in [-0.2, -0.15) is 0 Å². The lowest BCUT2D eigenvalue weighted by molar-refractivity contribution is 0.527. The van der Waals surface area contributed by atoms with Crippen molar-refractivity contribution in [1.82, 2.24) is 9.55 Å². The third kappa shape index (κ3) is 3.47. The summed E-state index contributed by atoms with van der Waals surface area (Å²) in [6, 6.07) is 4.63. The average molecular weight is 282 g/mol. The summed E-state index contributed by atoms with van der Waals surface area (Å²) in [5.41, 5.74) is 1.56. The maximum absolute atomic E-state index is 13.4. The Kier molecular flexibility index (Phi) is 4.10. The van der Waals surface area contributed by atoms with E-state index >= 15 is 0 Å². The van der Waals surface area contributed by atoms with Crippen LogP contribution < -0.4 is 5.32 Å². The molecule has 1 heterocycles. The number of benzene rings is 1. The number of imidazole rings is 1. The van der Waals surface area contributed by atoms with Crippen molar-refractivity contribution in [3.8, 4) is 0 Å². The molecule has 3 nitrogen and oxygen atoms in total. The van der Waals surface area contributed by atoms with Crippen LogP contribution in [0.2, 0.25) is 5.02 Å². The predicted octanol–water partition coefficient (Wildman–Crippen LogP) is 4.38. The van der Waals surface area contributed by atoms with Crippen LogP contribution in [0.3, 0.4) is 0 Å². The highest BCUT2D eigenvalue weighted by molar-refractivity contribution is 6.30. The maximum Gasteiger partial charge on any atom is 0.207 e. The summed E-state index contributed by atoms with van der Waals surface area (Å²) in [4.78, 5) is 4.41. The fraction of sp³-hybridized carbons (Fsp3) is 0.357. The highest BCUT2D eigenvalue weighted by Crippen LogP contribution is 2.22. The highest BCUT2D eigenvalue weighted by Gasteiger charge is 2.08. The fourth-order valence-corrected chi connectivity index (χ4v) is 2.00. The number of anilines is 2. The third-order valence-corrected chi connectivity index (χ3v) is 2.94. The Labute approximate surface area is 117 Å². The molecule has 0 aliphatic rings. The molecule has 1 aromatic carbocycles. The minimum Gasteiger partial charge on any atom is -0.326 e. The van der Waals surface area contributed by atoms with Crippen LogP contribution in [-0.4, -0.2) is 9.55 Å². The average Bonchev–Trinajstić information content (AvgIpc) is 2.63. The molecule has 0 fully saturated rings. The number of halogens is 2. The van der Waals surface area contributed by atoms with Gasteiger partial charge in [0.15, 0.2) is 0 Å². The van der Waals surface area contributed by atoms with Crippen molar-refractivity contribution in [2.24, 2.45) is 5.92 Å². The first kappa shape index (κ1) is 13.9. The molecule has 0 atom stereocenters. The van der Waals surface area contributed by atoms with Crippen molar-refractivity contribution >= 4 is 23.2 Å². The van der Waals surface area contributed by atoms with E-state index in [-0.39, 0.29) is 5.02 Å². The van der Waals surface area contributed by atoms with Gasteiger partial charge in [-0.1, -0.05) is 25.4 Å². The van der Waals surface area contributed by atoms with Gasteiger partial charge >= 0.3 is 0 Å². The molecule has 0 radical (unpaired) electrons. The quantitative estimate of drug-likeness (QED) is 0.901. The summed E-state index contributed by atoms with van der Waals surface area (Å²) < 4.78 is 15.4. The van der Waals surface area contributed by atoms with Crippen LogP contribution in [0, 0.1) is 18.7 Å². The lowest BCUT2D eigenvalue weighted by Crippen LogP contribution is -2.07. The Balaban J connectivity index is 2.24. The van der Waals surface area contributed by atoms with Crippen LogP contribution in [0.25, 0.3) is 0 Å². The second kappa shape index (κ2) is 5.61. The van der Waals surface area contributed by atoms with E-state index < -0.39 is 5.82 Å². The number of hydrogen-bond donors (Lipinski definition) is 1. The normalized spacial score (nSPS) is 11.1. The molecular formula is C14H17ClFN3. The van der Waals surface area contributed by atoms with Crippen LogP contribution >= 0.6 is 11.6 Å². The largest absolute Gasteiger partial charge is 0.326 e. The van der Waals surface area contributed by atoms with Gasteiger partial charge < -0.3 is 9.88 Å². The zero-order chi connectivity index (χ0) is 14.0. The molecule has 0 spiro atoms. The van der Waals surface area contributed by atoms with Crippen molar-refractivity contribution in [3.63, 3.8) is 0 Å². The molecule has 0 unspecified atom stereocenters. The van der Waals surface area contributed by atoms with Gasteiger partial charge in [0.05, 0.1) is 10.7 Å². The van der Waals surface area contributed by atoms with Crippen molar-refractivity contribution in [2.75, 3.05) is 5.32 Å². The molecule has 0 saturated carbocycles. The van der Waals surface area contributed by atoms with Gasteiger partial charge in [-0.3, -0.25) is 0 Å². The van der Waals surface area contributed by atoms with E-state index in [1.165, 1.54) is 12.1 Å². The Bertz CT molecular complexity index is 578. The first-order valence-corrected chi connectivity index (χ1v) is 6.59. The minimum atomic E-state index is -0.439. The van der Waals surface area contributed by atoms with Gasteiger partial charge in [-0.15, -0.1) is 0 Å². The molecule has 0 bridgehead atoms. The summed E-state index contributed by atoms with van der Waals surface area (Å²) in [6.45, 7) is 7.08. The van der Waals surface area contributed by atoms with Gasteiger partial charge in [0.25, 0.3) is 0 Å². The van der Waals surface area contributed by atoms with E-state index in [0.29, 0.717) is 17.6 Å². The Morgan fingerprint density at radius 1 is 1.42 bits per heavy atom.